The molecule has 0 bridgehead atoms. The van der Waals surface area contributed by atoms with Crippen LogP contribution in [0.5, 0.6) is 0 Å². The van der Waals surface area contributed by atoms with Crippen molar-refractivity contribution in [2.75, 3.05) is 0 Å². The third-order valence-corrected chi connectivity index (χ3v) is 5.28. The SMILES string of the molecule is Cc1ccc2c(c1)nc(-c1cccc(-c3nc4cc(C)ccc4n3C)n1)n2C.[Cl-].[Cl-].[V+2]. The van der Waals surface area contributed by atoms with Crippen LogP contribution in [0.2, 0.25) is 0 Å². The first-order chi connectivity index (χ1) is 13.5. The van der Waals surface area contributed by atoms with Crippen molar-refractivity contribution in [1.82, 2.24) is 24.1 Å². The van der Waals surface area contributed by atoms with Gasteiger partial charge in [0.1, 0.15) is 11.4 Å². The third-order valence-electron chi connectivity index (χ3n) is 5.28. The Labute approximate surface area is 205 Å². The van der Waals surface area contributed by atoms with Crippen LogP contribution in [0.25, 0.3) is 45.1 Å². The first-order valence-corrected chi connectivity index (χ1v) is 9.35. The molecule has 0 saturated heterocycles. The van der Waals surface area contributed by atoms with Crippen molar-refractivity contribution in [3.63, 3.8) is 0 Å². The van der Waals surface area contributed by atoms with E-state index in [1.165, 1.54) is 11.1 Å². The van der Waals surface area contributed by atoms with Gasteiger partial charge in [-0.3, -0.25) is 0 Å². The molecule has 0 N–H and O–H groups in total. The molecule has 31 heavy (non-hydrogen) atoms. The fourth-order valence-electron chi connectivity index (χ4n) is 3.76. The molecule has 3 heterocycles. The Morgan fingerprint density at radius 1 is 0.613 bits per heavy atom. The first kappa shape index (κ1) is 25.0. The van der Waals surface area contributed by atoms with Gasteiger partial charge in [0.2, 0.25) is 0 Å². The molecule has 0 spiro atoms. The zero-order valence-electron chi connectivity index (χ0n) is 17.6. The van der Waals surface area contributed by atoms with Gasteiger partial charge in [-0.05, 0) is 61.4 Å². The quantitative estimate of drug-likeness (QED) is 0.314. The minimum atomic E-state index is 0. The molecule has 0 unspecified atom stereocenters. The van der Waals surface area contributed by atoms with Crippen LogP contribution in [-0.2, 0) is 32.7 Å². The third kappa shape index (κ3) is 4.24. The van der Waals surface area contributed by atoms with Crippen LogP contribution in [0.15, 0.2) is 54.6 Å². The Balaban J connectivity index is 0.00000114. The molecule has 0 atom stereocenters. The molecule has 0 amide bonds. The number of nitrogens with zero attached hydrogens (tertiary/aromatic N) is 5. The molecular weight excluding hydrogens is 468 g/mol. The minimum absolute atomic E-state index is 0. The number of halogens is 2. The van der Waals surface area contributed by atoms with Gasteiger partial charge in [0.15, 0.2) is 11.6 Å². The summed E-state index contributed by atoms with van der Waals surface area (Å²) in [5, 5.41) is 0. The van der Waals surface area contributed by atoms with Gasteiger partial charge >= 0.3 is 18.6 Å². The molecule has 5 nitrogen and oxygen atoms in total. The second-order valence-electron chi connectivity index (χ2n) is 7.38. The number of imidazole rings is 2. The molecule has 3 aromatic heterocycles. The van der Waals surface area contributed by atoms with E-state index in [9.17, 15) is 0 Å². The summed E-state index contributed by atoms with van der Waals surface area (Å²) in [5.74, 6) is 1.72. The van der Waals surface area contributed by atoms with Crippen LogP contribution in [0.3, 0.4) is 0 Å². The van der Waals surface area contributed by atoms with Crippen LogP contribution in [0.4, 0.5) is 0 Å². The van der Waals surface area contributed by atoms with Crippen molar-refractivity contribution in [2.45, 2.75) is 13.8 Å². The number of fused-ring (bicyclic) bond motifs is 2. The molecule has 0 aliphatic rings. The van der Waals surface area contributed by atoms with E-state index in [0.29, 0.717) is 0 Å². The predicted octanol–water partition coefficient (Wildman–Crippen LogP) is -1.19. The number of benzene rings is 2. The van der Waals surface area contributed by atoms with E-state index < -0.39 is 0 Å². The predicted molar refractivity (Wildman–Crippen MR) is 113 cm³/mol. The van der Waals surface area contributed by atoms with E-state index in [2.05, 4.69) is 59.4 Å². The van der Waals surface area contributed by atoms with Crippen molar-refractivity contribution in [3.8, 4) is 23.0 Å². The number of hydrogen-bond donors (Lipinski definition) is 0. The van der Waals surface area contributed by atoms with Crippen molar-refractivity contribution in [3.05, 3.63) is 65.7 Å². The minimum Gasteiger partial charge on any atom is -1.00 e. The smallest absolute Gasteiger partial charge is 1.00 e. The van der Waals surface area contributed by atoms with E-state index in [1.807, 2.05) is 32.3 Å². The standard InChI is InChI=1S/C23H21N5.2ClH.V/c1-14-8-10-20-18(12-14)25-22(27(20)3)16-6-5-7-17(24-16)23-26-19-13-15(2)9-11-21(19)28(23)4;;;/h5-13H,1-4H3;2*1H;/q;;;+2/p-2. The largest absolute Gasteiger partial charge is 2.00 e. The van der Waals surface area contributed by atoms with E-state index >= 15 is 0 Å². The summed E-state index contributed by atoms with van der Waals surface area (Å²) in [6, 6.07) is 18.7. The molecule has 0 fully saturated rings. The van der Waals surface area contributed by atoms with Crippen LogP contribution >= 0.6 is 0 Å². The van der Waals surface area contributed by atoms with Gasteiger partial charge in [-0.15, -0.1) is 0 Å². The summed E-state index contributed by atoms with van der Waals surface area (Å²) in [7, 11) is 4.07. The molecule has 0 aliphatic carbocycles. The number of pyridine rings is 1. The van der Waals surface area contributed by atoms with Gasteiger partial charge in [-0.1, -0.05) is 18.2 Å². The van der Waals surface area contributed by atoms with Gasteiger partial charge in [-0.25, -0.2) is 15.0 Å². The maximum atomic E-state index is 4.90. The Morgan fingerprint density at radius 3 is 1.45 bits per heavy atom. The molecular formula is C23H21Cl2N5V. The van der Waals surface area contributed by atoms with Gasteiger partial charge in [0, 0.05) is 14.1 Å². The second kappa shape index (κ2) is 9.45. The fraction of sp³-hybridized carbons (Fsp3) is 0.174. The van der Waals surface area contributed by atoms with Crippen LogP contribution in [0, 0.1) is 13.8 Å². The summed E-state index contributed by atoms with van der Waals surface area (Å²) < 4.78 is 4.19. The Bertz CT molecular complexity index is 1270. The molecule has 1 radical (unpaired) electrons. The molecule has 2 aromatic carbocycles. The van der Waals surface area contributed by atoms with E-state index in [4.69, 9.17) is 15.0 Å². The zero-order chi connectivity index (χ0) is 19.4. The average Bonchev–Trinajstić information content (AvgIpc) is 3.18. The Morgan fingerprint density at radius 2 is 1.03 bits per heavy atom. The van der Waals surface area contributed by atoms with Crippen molar-refractivity contribution in [2.24, 2.45) is 14.1 Å². The number of aromatic nitrogens is 5. The van der Waals surface area contributed by atoms with Crippen LogP contribution < -0.4 is 24.8 Å². The van der Waals surface area contributed by atoms with E-state index in [1.54, 1.807) is 0 Å². The van der Waals surface area contributed by atoms with Crippen molar-refractivity contribution in [1.29, 1.82) is 0 Å². The monoisotopic (exact) mass is 488 g/mol. The molecule has 8 heteroatoms. The molecule has 0 aliphatic heterocycles. The summed E-state index contributed by atoms with van der Waals surface area (Å²) >= 11 is 0. The normalized spacial score (nSPS) is 10.5. The fourth-order valence-corrected chi connectivity index (χ4v) is 3.76. The topological polar surface area (TPSA) is 48.5 Å². The Hall–Kier alpha value is -2.31. The maximum Gasteiger partial charge on any atom is 2.00 e. The van der Waals surface area contributed by atoms with E-state index in [0.717, 1.165) is 45.1 Å². The van der Waals surface area contributed by atoms with Gasteiger partial charge in [-0.2, -0.15) is 0 Å². The van der Waals surface area contributed by atoms with Crippen LogP contribution in [-0.4, -0.2) is 24.1 Å². The van der Waals surface area contributed by atoms with Crippen molar-refractivity contribution < 1.29 is 43.4 Å². The van der Waals surface area contributed by atoms with Gasteiger partial charge in [0.25, 0.3) is 0 Å². The molecule has 0 saturated carbocycles. The Kier molecular flexibility index (Phi) is 7.61. The first-order valence-electron chi connectivity index (χ1n) is 9.35. The molecule has 5 aromatic rings. The molecule has 157 valence electrons. The molecule has 5 rings (SSSR count). The maximum absolute atomic E-state index is 4.90. The number of aryl methyl sites for hydroxylation is 4. The number of hydrogen-bond acceptors (Lipinski definition) is 3. The van der Waals surface area contributed by atoms with Crippen LogP contribution in [0.1, 0.15) is 11.1 Å². The number of rotatable bonds is 2. The summed E-state index contributed by atoms with van der Waals surface area (Å²) in [4.78, 5) is 14.6. The second-order valence-corrected chi connectivity index (χ2v) is 7.38. The van der Waals surface area contributed by atoms with Crippen molar-refractivity contribution >= 4 is 22.1 Å². The van der Waals surface area contributed by atoms with E-state index in [-0.39, 0.29) is 43.4 Å². The summed E-state index contributed by atoms with van der Waals surface area (Å²) in [6.07, 6.45) is 0. The van der Waals surface area contributed by atoms with Gasteiger partial charge < -0.3 is 33.9 Å². The zero-order valence-corrected chi connectivity index (χ0v) is 20.5. The summed E-state index contributed by atoms with van der Waals surface area (Å²) in [6.45, 7) is 4.17. The van der Waals surface area contributed by atoms with Gasteiger partial charge in [0.05, 0.1) is 22.1 Å². The average molecular weight is 489 g/mol. The summed E-state index contributed by atoms with van der Waals surface area (Å²) in [5.41, 5.74) is 8.28.